The molecule has 0 amide bonds. The Hall–Kier alpha value is 0.450. The maximum Gasteiger partial charge on any atom is 0.395 e. The van der Waals surface area contributed by atoms with Gasteiger partial charge in [-0.15, -0.1) is 0 Å². The average molecular weight is 738 g/mol. The van der Waals surface area contributed by atoms with E-state index in [-0.39, 0.29) is 0 Å². The molecule has 0 aromatic heterocycles. The van der Waals surface area contributed by atoms with Crippen LogP contribution in [0.1, 0.15) is 193 Å². The normalized spacial score (nSPS) is 32.1. The number of hydrogen-bond donors (Lipinski definition) is 5. The quantitative estimate of drug-likeness (QED) is 0.136. The van der Waals surface area contributed by atoms with Gasteiger partial charge in [0.15, 0.2) is 7.51 Å². The van der Waals surface area contributed by atoms with Crippen molar-refractivity contribution in [2.45, 2.75) is 229 Å². The Kier molecular flexibility index (Phi) is 14.0. The van der Waals surface area contributed by atoms with E-state index in [1.54, 1.807) is 0 Å². The summed E-state index contributed by atoms with van der Waals surface area (Å²) in [5, 5.41) is 22.3. The Bertz CT molecular complexity index is 1160. The maximum absolute atomic E-state index is 6.35. The van der Waals surface area contributed by atoms with Crippen LogP contribution in [0.2, 0.25) is 0 Å². The largest absolute Gasteiger partial charge is 0.489 e. The fourth-order valence-electron chi connectivity index (χ4n) is 10.2. The number of nitrogens with one attached hydrogen (secondary N) is 5. The van der Waals surface area contributed by atoms with Gasteiger partial charge in [0.25, 0.3) is 0 Å². The molecule has 7 rings (SSSR count). The molecule has 0 aromatic rings. The highest BCUT2D eigenvalue weighted by atomic mass is 31.3. The molecule has 0 saturated heterocycles. The van der Waals surface area contributed by atoms with Crippen molar-refractivity contribution in [3.05, 3.63) is 4.86 Å². The van der Waals surface area contributed by atoms with E-state index in [4.69, 9.17) is 14.1 Å². The van der Waals surface area contributed by atoms with Gasteiger partial charge in [0.05, 0.1) is 6.04 Å². The van der Waals surface area contributed by atoms with E-state index in [0.717, 1.165) is 0 Å². The fourth-order valence-corrected chi connectivity index (χ4v) is 24.2. The zero-order valence-electron chi connectivity index (χ0n) is 31.3. The second-order valence-electron chi connectivity index (χ2n) is 17.2. The third-order valence-corrected chi connectivity index (χ3v) is 24.6. The first-order valence-corrected chi connectivity index (χ1v) is 26.6. The molecule has 0 radical (unpaired) electrons. The lowest BCUT2D eigenvalue weighted by Crippen LogP contribution is -2.45. The molecule has 6 aliphatic carbocycles. The summed E-state index contributed by atoms with van der Waals surface area (Å²) in [5.74, 6) is 0. The Morgan fingerprint density at radius 2 is 0.776 bits per heavy atom. The van der Waals surface area contributed by atoms with E-state index >= 15 is 0 Å². The van der Waals surface area contributed by atoms with Crippen LogP contribution in [0.4, 0.5) is 0 Å². The molecule has 0 aromatic carbocycles. The molecule has 6 fully saturated rings. The lowest BCUT2D eigenvalue weighted by Gasteiger charge is -2.54. The standard InChI is InChI=1S/C37H73N9P3/c1-46-48(40-34-24-12-4-13-25-34,41-35-26-14-5-15-27-35)44-47(38-32-20-8-2-9-21-32,39-33-22-10-3-11-23-33)45-49(46,42-36-28-16-6-17-29-36)43-37-30-18-7-19-31-37/h32-40H,2-31H2,1H3,(H-,42,43,45)/q-1/p+1. The molecule has 49 heavy (non-hydrogen) atoms. The van der Waals surface area contributed by atoms with Gasteiger partial charge >= 0.3 is 7.51 Å². The van der Waals surface area contributed by atoms with Gasteiger partial charge in [0, 0.05) is 37.7 Å². The van der Waals surface area contributed by atoms with Crippen LogP contribution in [0.25, 0.3) is 4.86 Å². The number of rotatable bonds is 11. The van der Waals surface area contributed by atoms with E-state index in [0.29, 0.717) is 36.3 Å². The molecule has 1 unspecified atom stereocenters. The van der Waals surface area contributed by atoms with Gasteiger partial charge < -0.3 is 4.86 Å². The lowest BCUT2D eigenvalue weighted by molar-refractivity contribution is -0.312. The van der Waals surface area contributed by atoms with Gasteiger partial charge in [-0.25, -0.2) is 20.0 Å². The molecule has 12 heteroatoms. The van der Waals surface area contributed by atoms with Gasteiger partial charge in [-0.2, -0.15) is 8.61 Å². The van der Waals surface area contributed by atoms with Crippen LogP contribution >= 0.6 is 22.5 Å². The lowest BCUT2D eigenvalue weighted by atomic mass is 9.96. The molecule has 1 heterocycles. The topological polar surface area (TPSA) is 102 Å². The second kappa shape index (κ2) is 18.2. The highest BCUT2D eigenvalue weighted by Crippen LogP contribution is 2.78. The van der Waals surface area contributed by atoms with Crippen LogP contribution in [0.15, 0.2) is 9.26 Å². The second-order valence-corrected chi connectivity index (χ2v) is 25.2. The Morgan fingerprint density at radius 1 is 0.449 bits per heavy atom. The Balaban J connectivity index is 1.42. The van der Waals surface area contributed by atoms with Crippen molar-refractivity contribution < 1.29 is 4.10 Å². The molecule has 6 saturated carbocycles. The molecule has 1 atom stereocenters. The zero-order valence-corrected chi connectivity index (χ0v) is 34.0. The monoisotopic (exact) mass is 738 g/mol. The van der Waals surface area contributed by atoms with Crippen LogP contribution in [-0.4, -0.2) is 47.4 Å². The summed E-state index contributed by atoms with van der Waals surface area (Å²) in [6.07, 6.45) is 39.3. The Morgan fingerprint density at radius 3 is 1.16 bits per heavy atom. The SMILES string of the molecule is C[N+]1=P(NC2CCCCC2)(NC2CCCCC2)[N-]P(NC2CCCCC2)(NC2CCCCC2)=NP1(=NC1CCCCC1)NC1CCCCC1. The van der Waals surface area contributed by atoms with Crippen molar-refractivity contribution in [2.75, 3.05) is 7.05 Å². The van der Waals surface area contributed by atoms with Gasteiger partial charge in [-0.3, -0.25) is 10.2 Å². The molecule has 1 aliphatic heterocycles. The first-order valence-electron chi connectivity index (χ1n) is 21.6. The molecule has 0 bridgehead atoms. The summed E-state index contributed by atoms with van der Waals surface area (Å²) in [6.45, 7) is 0. The maximum atomic E-state index is 6.35. The molecule has 5 N–H and O–H groups in total. The fraction of sp³-hybridized carbons (Fsp3) is 1.00. The molecule has 7 aliphatic rings. The van der Waals surface area contributed by atoms with Crippen molar-refractivity contribution >= 4 is 22.5 Å². The zero-order chi connectivity index (χ0) is 33.4. The van der Waals surface area contributed by atoms with E-state index in [1.807, 2.05) is 0 Å². The van der Waals surface area contributed by atoms with Crippen molar-refractivity contribution in [3.63, 3.8) is 0 Å². The summed E-state index contributed by atoms with van der Waals surface area (Å²) in [6, 6.07) is 2.91. The van der Waals surface area contributed by atoms with Crippen LogP contribution in [-0.2, 0) is 0 Å². The molecule has 282 valence electrons. The summed E-state index contributed by atoms with van der Waals surface area (Å²) >= 11 is 0. The third-order valence-electron chi connectivity index (χ3n) is 13.1. The number of nitrogens with zero attached hydrogens (tertiary/aromatic N) is 4. The van der Waals surface area contributed by atoms with Gasteiger partial charge in [-0.1, -0.05) is 116 Å². The van der Waals surface area contributed by atoms with Crippen LogP contribution < -0.4 is 25.4 Å². The van der Waals surface area contributed by atoms with Crippen LogP contribution in [0.5, 0.6) is 0 Å². The third kappa shape index (κ3) is 9.96. The van der Waals surface area contributed by atoms with Crippen molar-refractivity contribution in [1.29, 1.82) is 0 Å². The van der Waals surface area contributed by atoms with E-state index in [9.17, 15) is 0 Å². The predicted molar refractivity (Wildman–Crippen MR) is 212 cm³/mol. The highest BCUT2D eigenvalue weighted by molar-refractivity contribution is 7.88. The summed E-state index contributed by atoms with van der Waals surface area (Å²) in [7, 11) is -5.12. The van der Waals surface area contributed by atoms with Crippen molar-refractivity contribution in [1.82, 2.24) is 25.4 Å². The average Bonchev–Trinajstić information content (AvgIpc) is 3.13. The first-order chi connectivity index (χ1) is 24.0. The van der Waals surface area contributed by atoms with Crippen LogP contribution in [0.3, 0.4) is 0 Å². The Labute approximate surface area is 301 Å². The van der Waals surface area contributed by atoms with E-state index in [1.165, 1.54) is 193 Å². The molecular weight excluding hydrogens is 663 g/mol. The number of hydrogen-bond acceptors (Lipinski definition) is 5. The van der Waals surface area contributed by atoms with Gasteiger partial charge in [-0.05, 0) is 77.0 Å². The first kappa shape index (κ1) is 37.8. The van der Waals surface area contributed by atoms with E-state index < -0.39 is 22.5 Å². The van der Waals surface area contributed by atoms with Crippen LogP contribution in [0, 0.1) is 0 Å². The minimum Gasteiger partial charge on any atom is -0.489 e. The summed E-state index contributed by atoms with van der Waals surface area (Å²) in [4.78, 5) is 6.35. The summed E-state index contributed by atoms with van der Waals surface area (Å²) < 4.78 is 15.2. The summed E-state index contributed by atoms with van der Waals surface area (Å²) in [5.41, 5.74) is 0. The molecule has 9 nitrogen and oxygen atoms in total. The smallest absolute Gasteiger partial charge is 0.395 e. The minimum absolute atomic E-state index is 0.403. The van der Waals surface area contributed by atoms with Crippen molar-refractivity contribution in [2.24, 2.45) is 9.26 Å². The minimum atomic E-state index is -2.55. The van der Waals surface area contributed by atoms with Gasteiger partial charge in [0.2, 0.25) is 0 Å². The van der Waals surface area contributed by atoms with Gasteiger partial charge in [0.1, 0.15) is 7.05 Å². The molecule has 0 spiro atoms. The van der Waals surface area contributed by atoms with E-state index in [2.05, 4.69) is 36.6 Å². The molecular formula is C37H74N9P3. The van der Waals surface area contributed by atoms with Crippen molar-refractivity contribution in [3.8, 4) is 0 Å². The predicted octanol–water partition coefficient (Wildman–Crippen LogP) is 11.8. The highest BCUT2D eigenvalue weighted by Gasteiger charge is 2.46.